The summed E-state index contributed by atoms with van der Waals surface area (Å²) in [5, 5.41) is 10.1. The first-order chi connectivity index (χ1) is 5.86. The van der Waals surface area contributed by atoms with Gasteiger partial charge in [0.05, 0.1) is 6.61 Å². The van der Waals surface area contributed by atoms with E-state index in [0.29, 0.717) is 0 Å². The SMILES string of the molecule is Cc1nc([C@@H]2CNCCO2)n[nH]1. The lowest BCUT2D eigenvalue weighted by atomic mass is 10.3. The molecule has 0 bridgehead atoms. The molecule has 0 aliphatic carbocycles. The first-order valence-corrected chi connectivity index (χ1v) is 4.07. The molecule has 0 amide bonds. The van der Waals surface area contributed by atoms with Gasteiger partial charge in [0.15, 0.2) is 5.82 Å². The highest BCUT2D eigenvalue weighted by Crippen LogP contribution is 2.13. The third-order valence-corrected chi connectivity index (χ3v) is 1.83. The highest BCUT2D eigenvalue weighted by atomic mass is 16.5. The number of morpholine rings is 1. The molecule has 1 atom stereocenters. The predicted molar refractivity (Wildman–Crippen MR) is 42.7 cm³/mol. The molecule has 0 aromatic carbocycles. The summed E-state index contributed by atoms with van der Waals surface area (Å²) in [6.45, 7) is 4.34. The first kappa shape index (κ1) is 7.70. The Bertz CT molecular complexity index is 254. The Morgan fingerprint density at radius 2 is 2.50 bits per heavy atom. The maximum atomic E-state index is 5.47. The monoisotopic (exact) mass is 168 g/mol. The molecule has 0 unspecified atom stereocenters. The van der Waals surface area contributed by atoms with Crippen LogP contribution in [0, 0.1) is 6.92 Å². The molecule has 0 saturated carbocycles. The van der Waals surface area contributed by atoms with Crippen LogP contribution in [0.5, 0.6) is 0 Å². The molecule has 5 heteroatoms. The van der Waals surface area contributed by atoms with E-state index in [2.05, 4.69) is 20.5 Å². The van der Waals surface area contributed by atoms with Crippen LogP contribution in [0.2, 0.25) is 0 Å². The fourth-order valence-corrected chi connectivity index (χ4v) is 1.24. The van der Waals surface area contributed by atoms with Crippen molar-refractivity contribution in [1.29, 1.82) is 0 Å². The van der Waals surface area contributed by atoms with Gasteiger partial charge in [-0.1, -0.05) is 0 Å². The second-order valence-corrected chi connectivity index (χ2v) is 2.84. The molecule has 12 heavy (non-hydrogen) atoms. The van der Waals surface area contributed by atoms with Crippen molar-refractivity contribution < 1.29 is 4.74 Å². The van der Waals surface area contributed by atoms with Crippen LogP contribution in [0.25, 0.3) is 0 Å². The summed E-state index contributed by atoms with van der Waals surface area (Å²) in [5.74, 6) is 1.58. The number of aryl methyl sites for hydroxylation is 1. The highest BCUT2D eigenvalue weighted by Gasteiger charge is 2.19. The Morgan fingerprint density at radius 1 is 1.58 bits per heavy atom. The molecule has 1 aromatic rings. The molecule has 2 N–H and O–H groups in total. The van der Waals surface area contributed by atoms with Crippen LogP contribution in [-0.4, -0.2) is 34.9 Å². The molecule has 1 aliphatic rings. The van der Waals surface area contributed by atoms with Gasteiger partial charge in [-0.05, 0) is 6.92 Å². The Balaban J connectivity index is 2.08. The van der Waals surface area contributed by atoms with Crippen LogP contribution >= 0.6 is 0 Å². The number of hydrogen-bond donors (Lipinski definition) is 2. The second-order valence-electron chi connectivity index (χ2n) is 2.84. The quantitative estimate of drug-likeness (QED) is 0.608. The third-order valence-electron chi connectivity index (χ3n) is 1.83. The molecule has 1 saturated heterocycles. The summed E-state index contributed by atoms with van der Waals surface area (Å²) in [4.78, 5) is 4.20. The number of aromatic amines is 1. The van der Waals surface area contributed by atoms with Crippen molar-refractivity contribution in [2.24, 2.45) is 0 Å². The summed E-state index contributed by atoms with van der Waals surface area (Å²) in [6.07, 6.45) is 0.0173. The van der Waals surface area contributed by atoms with E-state index in [4.69, 9.17) is 4.74 Å². The lowest BCUT2D eigenvalue weighted by Gasteiger charge is -2.20. The average molecular weight is 168 g/mol. The minimum absolute atomic E-state index is 0.0173. The zero-order valence-corrected chi connectivity index (χ0v) is 7.00. The lowest BCUT2D eigenvalue weighted by molar-refractivity contribution is 0.0223. The van der Waals surface area contributed by atoms with Crippen LogP contribution in [0.3, 0.4) is 0 Å². The summed E-state index contributed by atoms with van der Waals surface area (Å²) in [6, 6.07) is 0. The number of aromatic nitrogens is 3. The Morgan fingerprint density at radius 3 is 3.08 bits per heavy atom. The fraction of sp³-hybridized carbons (Fsp3) is 0.714. The largest absolute Gasteiger partial charge is 0.367 e. The van der Waals surface area contributed by atoms with E-state index in [1.54, 1.807) is 0 Å². The van der Waals surface area contributed by atoms with E-state index in [0.717, 1.165) is 31.3 Å². The number of nitrogens with one attached hydrogen (secondary N) is 2. The normalized spacial score (nSPS) is 24.2. The van der Waals surface area contributed by atoms with Crippen molar-refractivity contribution in [3.05, 3.63) is 11.6 Å². The van der Waals surface area contributed by atoms with E-state index in [1.807, 2.05) is 6.92 Å². The van der Waals surface area contributed by atoms with E-state index in [-0.39, 0.29) is 6.10 Å². The van der Waals surface area contributed by atoms with Crippen molar-refractivity contribution in [3.63, 3.8) is 0 Å². The van der Waals surface area contributed by atoms with Gasteiger partial charge in [0.25, 0.3) is 0 Å². The molecular formula is C7H12N4O. The number of rotatable bonds is 1. The van der Waals surface area contributed by atoms with Gasteiger partial charge in [0.2, 0.25) is 0 Å². The minimum atomic E-state index is 0.0173. The van der Waals surface area contributed by atoms with E-state index < -0.39 is 0 Å². The zero-order chi connectivity index (χ0) is 8.39. The Kier molecular flexibility index (Phi) is 2.05. The van der Waals surface area contributed by atoms with E-state index >= 15 is 0 Å². The molecule has 2 heterocycles. The van der Waals surface area contributed by atoms with Gasteiger partial charge in [-0.3, -0.25) is 5.10 Å². The van der Waals surface area contributed by atoms with Crippen LogP contribution in [0.1, 0.15) is 17.8 Å². The summed E-state index contributed by atoms with van der Waals surface area (Å²) < 4.78 is 5.47. The van der Waals surface area contributed by atoms with Crippen LogP contribution in [0.4, 0.5) is 0 Å². The zero-order valence-electron chi connectivity index (χ0n) is 7.00. The maximum Gasteiger partial charge on any atom is 0.180 e. The van der Waals surface area contributed by atoms with E-state index in [9.17, 15) is 0 Å². The Hall–Kier alpha value is -0.940. The van der Waals surface area contributed by atoms with Gasteiger partial charge in [0, 0.05) is 13.1 Å². The van der Waals surface area contributed by atoms with Gasteiger partial charge in [-0.2, -0.15) is 5.10 Å². The van der Waals surface area contributed by atoms with Gasteiger partial charge < -0.3 is 10.1 Å². The van der Waals surface area contributed by atoms with Crippen molar-refractivity contribution in [1.82, 2.24) is 20.5 Å². The van der Waals surface area contributed by atoms with Crippen molar-refractivity contribution in [2.45, 2.75) is 13.0 Å². The van der Waals surface area contributed by atoms with Crippen molar-refractivity contribution >= 4 is 0 Å². The molecule has 0 radical (unpaired) electrons. The fourth-order valence-electron chi connectivity index (χ4n) is 1.24. The molecule has 1 fully saturated rings. The average Bonchev–Trinajstić information content (AvgIpc) is 2.54. The minimum Gasteiger partial charge on any atom is -0.367 e. The number of nitrogens with zero attached hydrogens (tertiary/aromatic N) is 2. The number of hydrogen-bond acceptors (Lipinski definition) is 4. The molecule has 1 aromatic heterocycles. The topological polar surface area (TPSA) is 62.8 Å². The Labute approximate surface area is 70.5 Å². The lowest BCUT2D eigenvalue weighted by Crippen LogP contribution is -2.33. The smallest absolute Gasteiger partial charge is 0.180 e. The van der Waals surface area contributed by atoms with Crippen molar-refractivity contribution in [2.75, 3.05) is 19.7 Å². The standard InChI is InChI=1S/C7H12N4O/c1-5-9-7(11-10-5)6-4-8-2-3-12-6/h6,8H,2-4H2,1H3,(H,9,10,11)/t6-/m0/s1. The van der Waals surface area contributed by atoms with Crippen LogP contribution in [0.15, 0.2) is 0 Å². The molecule has 0 spiro atoms. The summed E-state index contributed by atoms with van der Waals surface area (Å²) in [5.41, 5.74) is 0. The van der Waals surface area contributed by atoms with Gasteiger partial charge in [-0.15, -0.1) is 0 Å². The van der Waals surface area contributed by atoms with E-state index in [1.165, 1.54) is 0 Å². The molecule has 5 nitrogen and oxygen atoms in total. The van der Waals surface area contributed by atoms with Crippen LogP contribution < -0.4 is 5.32 Å². The number of H-pyrrole nitrogens is 1. The predicted octanol–water partition coefficient (Wildman–Crippen LogP) is -0.226. The van der Waals surface area contributed by atoms with Gasteiger partial charge in [0.1, 0.15) is 11.9 Å². The van der Waals surface area contributed by atoms with Crippen LogP contribution in [-0.2, 0) is 4.74 Å². The highest BCUT2D eigenvalue weighted by molar-refractivity contribution is 4.94. The summed E-state index contributed by atoms with van der Waals surface area (Å²) >= 11 is 0. The molecule has 2 rings (SSSR count). The molecule has 66 valence electrons. The second kappa shape index (κ2) is 3.20. The first-order valence-electron chi connectivity index (χ1n) is 4.07. The third kappa shape index (κ3) is 1.46. The van der Waals surface area contributed by atoms with Gasteiger partial charge in [-0.25, -0.2) is 4.98 Å². The maximum absolute atomic E-state index is 5.47. The summed E-state index contributed by atoms with van der Waals surface area (Å²) in [7, 11) is 0. The molecular weight excluding hydrogens is 156 g/mol. The molecule has 1 aliphatic heterocycles. The van der Waals surface area contributed by atoms with Gasteiger partial charge >= 0.3 is 0 Å². The number of ether oxygens (including phenoxy) is 1. The van der Waals surface area contributed by atoms with Crippen molar-refractivity contribution in [3.8, 4) is 0 Å².